The first-order chi connectivity index (χ1) is 9.33. The van der Waals surface area contributed by atoms with Crippen LogP contribution in [-0.2, 0) is 7.05 Å². The molecule has 0 unspecified atom stereocenters. The topological polar surface area (TPSA) is 81.9 Å². The second-order valence-corrected chi connectivity index (χ2v) is 5.41. The smallest absolute Gasteiger partial charge is 0.390 e. The van der Waals surface area contributed by atoms with E-state index in [1.54, 1.807) is 10.9 Å². The number of amides is 1. The van der Waals surface area contributed by atoms with E-state index in [-0.39, 0.29) is 11.4 Å². The van der Waals surface area contributed by atoms with Gasteiger partial charge in [-0.25, -0.2) is 14.8 Å². The molecule has 0 aliphatic heterocycles. The molecule has 0 spiro atoms. The van der Waals surface area contributed by atoms with Crippen LogP contribution in [0.2, 0.25) is 0 Å². The minimum Gasteiger partial charge on any atom is -0.390 e. The average Bonchev–Trinajstić information content (AvgIpc) is 2.74. The number of nitrogens with one attached hydrogen (secondary N) is 1. The Labute approximate surface area is 117 Å². The highest BCUT2D eigenvalue weighted by Gasteiger charge is 2.15. The van der Waals surface area contributed by atoms with Gasteiger partial charge in [0.15, 0.2) is 0 Å². The van der Waals surface area contributed by atoms with Crippen LogP contribution < -0.4 is 10.1 Å². The van der Waals surface area contributed by atoms with Gasteiger partial charge in [-0.3, -0.25) is 4.68 Å². The van der Waals surface area contributed by atoms with Gasteiger partial charge in [-0.2, -0.15) is 5.10 Å². The summed E-state index contributed by atoms with van der Waals surface area (Å²) in [5.41, 5.74) is 1.16. The molecule has 1 N–H and O–H groups in total. The Bertz CT molecular complexity index is 598. The Morgan fingerprint density at radius 2 is 2.00 bits per heavy atom. The minimum atomic E-state index is -0.555. The first-order valence-corrected chi connectivity index (χ1v) is 6.14. The molecule has 0 aliphatic rings. The molecule has 7 nitrogen and oxygen atoms in total. The molecule has 2 aromatic rings. The largest absolute Gasteiger partial charge is 0.414 e. The van der Waals surface area contributed by atoms with Gasteiger partial charge in [-0.1, -0.05) is 0 Å². The van der Waals surface area contributed by atoms with Gasteiger partial charge >= 0.3 is 6.09 Å². The SMILES string of the molecule is Cn1cc(-c2cnc(OC(=O)NC(C)(C)C)cn2)cn1. The molecule has 0 saturated heterocycles. The molecule has 0 bridgehead atoms. The van der Waals surface area contributed by atoms with Crippen LogP contribution in [0.5, 0.6) is 5.88 Å². The molecular formula is C13H17N5O2. The predicted octanol–water partition coefficient (Wildman–Crippen LogP) is 1.76. The second-order valence-electron chi connectivity index (χ2n) is 5.41. The summed E-state index contributed by atoms with van der Waals surface area (Å²) in [6.45, 7) is 5.60. The molecule has 0 atom stereocenters. The third kappa shape index (κ3) is 3.78. The van der Waals surface area contributed by atoms with E-state index in [0.717, 1.165) is 5.56 Å². The number of carbonyl (C=O) groups is 1. The van der Waals surface area contributed by atoms with E-state index in [0.29, 0.717) is 5.69 Å². The van der Waals surface area contributed by atoms with Crippen molar-refractivity contribution in [1.29, 1.82) is 0 Å². The maximum absolute atomic E-state index is 11.6. The number of aromatic nitrogens is 4. The highest BCUT2D eigenvalue weighted by molar-refractivity contribution is 5.70. The van der Waals surface area contributed by atoms with Crippen molar-refractivity contribution in [3.05, 3.63) is 24.8 Å². The van der Waals surface area contributed by atoms with Gasteiger partial charge in [0.25, 0.3) is 0 Å². The molecule has 0 aliphatic carbocycles. The van der Waals surface area contributed by atoms with Crippen molar-refractivity contribution in [2.24, 2.45) is 7.05 Å². The second kappa shape index (κ2) is 5.28. The van der Waals surface area contributed by atoms with Crippen LogP contribution in [-0.4, -0.2) is 31.4 Å². The summed E-state index contributed by atoms with van der Waals surface area (Å²) in [6.07, 6.45) is 5.91. The number of rotatable bonds is 2. The fourth-order valence-electron chi connectivity index (χ4n) is 1.50. The summed E-state index contributed by atoms with van der Waals surface area (Å²) in [5.74, 6) is 0.152. The highest BCUT2D eigenvalue weighted by Crippen LogP contribution is 2.16. The molecule has 2 aromatic heterocycles. The first kappa shape index (κ1) is 14.0. The van der Waals surface area contributed by atoms with E-state index >= 15 is 0 Å². The summed E-state index contributed by atoms with van der Waals surface area (Å²) < 4.78 is 6.72. The van der Waals surface area contributed by atoms with Gasteiger partial charge in [0, 0.05) is 24.3 Å². The van der Waals surface area contributed by atoms with Crippen LogP contribution in [0.4, 0.5) is 4.79 Å². The molecule has 0 radical (unpaired) electrons. The summed E-state index contributed by atoms with van der Waals surface area (Å²) in [5, 5.41) is 6.73. The standard InChI is InChI=1S/C13H17N5O2/c1-13(2,3)17-12(19)20-11-7-14-10(6-15-11)9-5-16-18(4)8-9/h5-8H,1-4H3,(H,17,19). The van der Waals surface area contributed by atoms with E-state index in [4.69, 9.17) is 4.74 Å². The minimum absolute atomic E-state index is 0.152. The Morgan fingerprint density at radius 1 is 1.25 bits per heavy atom. The van der Waals surface area contributed by atoms with Crippen molar-refractivity contribution in [2.45, 2.75) is 26.3 Å². The normalized spacial score (nSPS) is 11.2. The van der Waals surface area contributed by atoms with E-state index < -0.39 is 6.09 Å². The Hall–Kier alpha value is -2.44. The monoisotopic (exact) mass is 275 g/mol. The quantitative estimate of drug-likeness (QED) is 0.903. The van der Waals surface area contributed by atoms with Crippen LogP contribution in [0.15, 0.2) is 24.8 Å². The van der Waals surface area contributed by atoms with Crippen molar-refractivity contribution >= 4 is 6.09 Å². The third-order valence-corrected chi connectivity index (χ3v) is 2.30. The molecule has 20 heavy (non-hydrogen) atoms. The predicted molar refractivity (Wildman–Crippen MR) is 73.1 cm³/mol. The van der Waals surface area contributed by atoms with Gasteiger partial charge in [-0.15, -0.1) is 0 Å². The molecule has 2 heterocycles. The maximum atomic E-state index is 11.6. The Morgan fingerprint density at radius 3 is 2.50 bits per heavy atom. The number of aryl methyl sites for hydroxylation is 1. The van der Waals surface area contributed by atoms with Gasteiger partial charge in [-0.05, 0) is 20.8 Å². The van der Waals surface area contributed by atoms with Crippen LogP contribution in [0, 0.1) is 0 Å². The molecule has 0 fully saturated rings. The Balaban J connectivity index is 2.03. The van der Waals surface area contributed by atoms with Gasteiger partial charge in [0.1, 0.15) is 0 Å². The lowest BCUT2D eigenvalue weighted by molar-refractivity contribution is 0.188. The summed E-state index contributed by atoms with van der Waals surface area (Å²) in [6, 6.07) is 0. The van der Waals surface area contributed by atoms with Crippen LogP contribution in [0.3, 0.4) is 0 Å². The van der Waals surface area contributed by atoms with E-state index in [9.17, 15) is 4.79 Å². The van der Waals surface area contributed by atoms with Gasteiger partial charge in [0.2, 0.25) is 5.88 Å². The fraction of sp³-hybridized carbons (Fsp3) is 0.385. The zero-order valence-corrected chi connectivity index (χ0v) is 11.9. The van der Waals surface area contributed by atoms with Crippen molar-refractivity contribution in [2.75, 3.05) is 0 Å². The number of hydrogen-bond donors (Lipinski definition) is 1. The molecule has 106 valence electrons. The molecule has 1 amide bonds. The lowest BCUT2D eigenvalue weighted by Gasteiger charge is -2.19. The third-order valence-electron chi connectivity index (χ3n) is 2.30. The summed E-state index contributed by atoms with van der Waals surface area (Å²) >= 11 is 0. The zero-order valence-electron chi connectivity index (χ0n) is 11.9. The molecular weight excluding hydrogens is 258 g/mol. The summed E-state index contributed by atoms with van der Waals surface area (Å²) in [4.78, 5) is 19.8. The fourth-order valence-corrected chi connectivity index (χ4v) is 1.50. The first-order valence-electron chi connectivity index (χ1n) is 6.14. The van der Waals surface area contributed by atoms with Crippen LogP contribution >= 0.6 is 0 Å². The number of ether oxygens (including phenoxy) is 1. The van der Waals surface area contributed by atoms with Crippen molar-refractivity contribution in [3.8, 4) is 17.1 Å². The summed E-state index contributed by atoms with van der Waals surface area (Å²) in [7, 11) is 1.82. The molecule has 0 aromatic carbocycles. The molecule has 2 rings (SSSR count). The molecule has 0 saturated carbocycles. The lowest BCUT2D eigenvalue weighted by Crippen LogP contribution is -2.42. The van der Waals surface area contributed by atoms with Crippen LogP contribution in [0.1, 0.15) is 20.8 Å². The van der Waals surface area contributed by atoms with Crippen LogP contribution in [0.25, 0.3) is 11.3 Å². The van der Waals surface area contributed by atoms with Gasteiger partial charge in [0.05, 0.1) is 24.3 Å². The van der Waals surface area contributed by atoms with Crippen molar-refractivity contribution in [3.63, 3.8) is 0 Å². The van der Waals surface area contributed by atoms with E-state index in [1.165, 1.54) is 12.4 Å². The van der Waals surface area contributed by atoms with Gasteiger partial charge < -0.3 is 10.1 Å². The van der Waals surface area contributed by atoms with E-state index in [1.807, 2.05) is 34.0 Å². The zero-order chi connectivity index (χ0) is 14.8. The van der Waals surface area contributed by atoms with Crippen molar-refractivity contribution in [1.82, 2.24) is 25.1 Å². The number of hydrogen-bond acceptors (Lipinski definition) is 5. The molecule has 7 heteroatoms. The number of nitrogens with zero attached hydrogens (tertiary/aromatic N) is 4. The highest BCUT2D eigenvalue weighted by atomic mass is 16.6. The Kier molecular flexibility index (Phi) is 3.69. The maximum Gasteiger partial charge on any atom is 0.414 e. The average molecular weight is 275 g/mol. The van der Waals surface area contributed by atoms with Crippen molar-refractivity contribution < 1.29 is 9.53 Å². The van der Waals surface area contributed by atoms with E-state index in [2.05, 4.69) is 20.4 Å². The lowest BCUT2D eigenvalue weighted by atomic mass is 10.1. The number of carbonyl (C=O) groups excluding carboxylic acids is 1.